The number of anilines is 1. The van der Waals surface area contributed by atoms with Gasteiger partial charge in [0.1, 0.15) is 5.75 Å². The highest BCUT2D eigenvalue weighted by molar-refractivity contribution is 6.17. The number of alkyl halides is 1. The van der Waals surface area contributed by atoms with Crippen LogP contribution in [0.4, 0.5) is 5.69 Å². The van der Waals surface area contributed by atoms with Gasteiger partial charge in [0.2, 0.25) is 0 Å². The van der Waals surface area contributed by atoms with Gasteiger partial charge >= 0.3 is 0 Å². The summed E-state index contributed by atoms with van der Waals surface area (Å²) >= 11 is 5.97. The summed E-state index contributed by atoms with van der Waals surface area (Å²) in [5.41, 5.74) is 2.21. The lowest BCUT2D eigenvalue weighted by molar-refractivity contribution is 0.337. The van der Waals surface area contributed by atoms with Gasteiger partial charge < -0.3 is 10.1 Å². The van der Waals surface area contributed by atoms with Crippen molar-refractivity contribution in [3.63, 3.8) is 0 Å². The maximum Gasteiger partial charge on any atom is 0.123 e. The Labute approximate surface area is 121 Å². The van der Waals surface area contributed by atoms with Crippen molar-refractivity contribution < 1.29 is 4.74 Å². The molecule has 2 rings (SSSR count). The smallest absolute Gasteiger partial charge is 0.123 e. The summed E-state index contributed by atoms with van der Waals surface area (Å²) in [5.74, 6) is 2.33. The van der Waals surface area contributed by atoms with Crippen molar-refractivity contribution in [2.24, 2.45) is 5.92 Å². The zero-order chi connectivity index (χ0) is 13.5. The topological polar surface area (TPSA) is 21.3 Å². The van der Waals surface area contributed by atoms with Crippen LogP contribution >= 0.6 is 11.6 Å². The van der Waals surface area contributed by atoms with Gasteiger partial charge in [-0.05, 0) is 37.5 Å². The van der Waals surface area contributed by atoms with Crippen LogP contribution in [0.3, 0.4) is 0 Å². The van der Waals surface area contributed by atoms with E-state index in [1.165, 1.54) is 32.1 Å². The molecule has 1 aliphatic rings. The highest BCUT2D eigenvalue weighted by Crippen LogP contribution is 2.28. The lowest BCUT2D eigenvalue weighted by Gasteiger charge is -2.13. The minimum absolute atomic E-state index is 0.494. The van der Waals surface area contributed by atoms with Crippen molar-refractivity contribution in [3.8, 4) is 5.75 Å². The minimum atomic E-state index is 0.494. The molecule has 0 spiro atoms. The molecule has 1 N–H and O–H groups in total. The van der Waals surface area contributed by atoms with Gasteiger partial charge in [-0.2, -0.15) is 0 Å². The van der Waals surface area contributed by atoms with Gasteiger partial charge in [0, 0.05) is 17.8 Å². The fourth-order valence-electron chi connectivity index (χ4n) is 2.81. The zero-order valence-electron chi connectivity index (χ0n) is 11.8. The molecule has 1 saturated carbocycles. The first-order valence-electron chi connectivity index (χ1n) is 7.39. The molecule has 0 radical (unpaired) electrons. The molecule has 0 unspecified atom stereocenters. The van der Waals surface area contributed by atoms with E-state index in [0.29, 0.717) is 12.5 Å². The van der Waals surface area contributed by atoms with Gasteiger partial charge in [-0.3, -0.25) is 0 Å². The number of ether oxygens (including phenoxy) is 1. The van der Waals surface area contributed by atoms with E-state index in [9.17, 15) is 0 Å². The van der Waals surface area contributed by atoms with E-state index in [4.69, 9.17) is 16.3 Å². The van der Waals surface area contributed by atoms with Crippen LogP contribution in [0, 0.1) is 5.92 Å². The highest BCUT2D eigenvalue weighted by Gasteiger charge is 2.14. The number of benzene rings is 1. The average molecular weight is 282 g/mol. The lowest BCUT2D eigenvalue weighted by Crippen LogP contribution is -2.07. The molecule has 0 atom stereocenters. The molecule has 1 aromatic carbocycles. The fourth-order valence-corrected chi connectivity index (χ4v) is 3.02. The van der Waals surface area contributed by atoms with Gasteiger partial charge in [0.25, 0.3) is 0 Å². The van der Waals surface area contributed by atoms with E-state index >= 15 is 0 Å². The maximum absolute atomic E-state index is 5.97. The van der Waals surface area contributed by atoms with Crippen molar-refractivity contribution in [3.05, 3.63) is 23.8 Å². The van der Waals surface area contributed by atoms with Crippen molar-refractivity contribution in [2.45, 2.75) is 44.9 Å². The van der Waals surface area contributed by atoms with Gasteiger partial charge in [0.15, 0.2) is 0 Å². The second-order valence-electron chi connectivity index (χ2n) is 5.26. The van der Waals surface area contributed by atoms with Crippen LogP contribution < -0.4 is 10.1 Å². The summed E-state index contributed by atoms with van der Waals surface area (Å²) in [6.45, 7) is 3.73. The Bertz CT molecular complexity index is 388. The molecule has 1 fully saturated rings. The monoisotopic (exact) mass is 281 g/mol. The van der Waals surface area contributed by atoms with E-state index in [0.717, 1.165) is 29.5 Å². The van der Waals surface area contributed by atoms with Crippen LogP contribution in [-0.4, -0.2) is 13.2 Å². The summed E-state index contributed by atoms with van der Waals surface area (Å²) in [4.78, 5) is 0. The third kappa shape index (κ3) is 4.31. The number of nitrogens with one attached hydrogen (secondary N) is 1. The Morgan fingerprint density at radius 3 is 2.79 bits per heavy atom. The van der Waals surface area contributed by atoms with E-state index < -0.39 is 0 Å². The molecule has 0 amide bonds. The second-order valence-corrected chi connectivity index (χ2v) is 5.52. The van der Waals surface area contributed by atoms with E-state index in [2.05, 4.69) is 17.4 Å². The molecule has 1 aliphatic carbocycles. The molecule has 0 aliphatic heterocycles. The normalized spacial score (nSPS) is 15.7. The molecule has 106 valence electrons. The van der Waals surface area contributed by atoms with E-state index in [-0.39, 0.29) is 0 Å². The number of halogens is 1. The average Bonchev–Trinajstić information content (AvgIpc) is 2.94. The van der Waals surface area contributed by atoms with Gasteiger partial charge in [-0.15, -0.1) is 11.6 Å². The molecule has 0 aromatic heterocycles. The fraction of sp³-hybridized carbons (Fsp3) is 0.625. The van der Waals surface area contributed by atoms with Crippen molar-refractivity contribution in [1.82, 2.24) is 0 Å². The quantitative estimate of drug-likeness (QED) is 0.724. The van der Waals surface area contributed by atoms with Crippen LogP contribution in [0.2, 0.25) is 0 Å². The SMILES string of the molecule is CCOc1ccc(NCCC2CCCC2)cc1CCl. The molecule has 0 bridgehead atoms. The van der Waals surface area contributed by atoms with E-state index in [1.807, 2.05) is 13.0 Å². The Hall–Kier alpha value is -0.890. The predicted molar refractivity (Wildman–Crippen MR) is 82.2 cm³/mol. The predicted octanol–water partition coefficient (Wildman–Crippen LogP) is 4.82. The van der Waals surface area contributed by atoms with Gasteiger partial charge in [-0.25, -0.2) is 0 Å². The third-order valence-corrected chi connectivity index (χ3v) is 4.15. The summed E-state index contributed by atoms with van der Waals surface area (Å²) in [5, 5.41) is 3.50. The standard InChI is InChI=1S/C16H24ClNO/c1-2-19-16-8-7-15(11-14(16)12-17)18-10-9-13-5-3-4-6-13/h7-8,11,13,18H,2-6,9-10,12H2,1H3. The number of hydrogen-bond donors (Lipinski definition) is 1. The molecule has 1 aromatic rings. The van der Waals surface area contributed by atoms with Crippen LogP contribution in [-0.2, 0) is 5.88 Å². The first-order valence-corrected chi connectivity index (χ1v) is 7.92. The highest BCUT2D eigenvalue weighted by atomic mass is 35.5. The molecule has 0 heterocycles. The molecular formula is C16H24ClNO. The Balaban J connectivity index is 1.85. The van der Waals surface area contributed by atoms with E-state index in [1.54, 1.807) is 0 Å². The summed E-state index contributed by atoms with van der Waals surface area (Å²) < 4.78 is 5.56. The second kappa shape index (κ2) is 7.64. The van der Waals surface area contributed by atoms with Crippen molar-refractivity contribution in [2.75, 3.05) is 18.5 Å². The van der Waals surface area contributed by atoms with Crippen LogP contribution in [0.25, 0.3) is 0 Å². The summed E-state index contributed by atoms with van der Waals surface area (Å²) in [6.07, 6.45) is 6.95. The molecule has 19 heavy (non-hydrogen) atoms. The first kappa shape index (κ1) is 14.5. The number of rotatable bonds is 7. The minimum Gasteiger partial charge on any atom is -0.494 e. The molecule has 3 heteroatoms. The summed E-state index contributed by atoms with van der Waals surface area (Å²) in [7, 11) is 0. The summed E-state index contributed by atoms with van der Waals surface area (Å²) in [6, 6.07) is 6.20. The lowest BCUT2D eigenvalue weighted by atomic mass is 10.0. The molecule has 0 saturated heterocycles. The largest absolute Gasteiger partial charge is 0.494 e. The maximum atomic E-state index is 5.97. The Kier molecular flexibility index (Phi) is 5.84. The molecular weight excluding hydrogens is 258 g/mol. The van der Waals surface area contributed by atoms with Gasteiger partial charge in [-0.1, -0.05) is 25.7 Å². The number of hydrogen-bond acceptors (Lipinski definition) is 2. The Morgan fingerprint density at radius 2 is 2.11 bits per heavy atom. The van der Waals surface area contributed by atoms with Crippen LogP contribution in [0.15, 0.2) is 18.2 Å². The van der Waals surface area contributed by atoms with Crippen LogP contribution in [0.1, 0.15) is 44.6 Å². The Morgan fingerprint density at radius 1 is 1.32 bits per heavy atom. The third-order valence-electron chi connectivity index (χ3n) is 3.86. The zero-order valence-corrected chi connectivity index (χ0v) is 12.5. The first-order chi connectivity index (χ1) is 9.33. The van der Waals surface area contributed by atoms with Crippen molar-refractivity contribution >= 4 is 17.3 Å². The van der Waals surface area contributed by atoms with Gasteiger partial charge in [0.05, 0.1) is 12.5 Å². The van der Waals surface area contributed by atoms with Crippen molar-refractivity contribution in [1.29, 1.82) is 0 Å². The molecule has 2 nitrogen and oxygen atoms in total. The van der Waals surface area contributed by atoms with Crippen LogP contribution in [0.5, 0.6) is 5.75 Å².